The summed E-state index contributed by atoms with van der Waals surface area (Å²) in [6, 6.07) is 15.9. The Morgan fingerprint density at radius 3 is 2.44 bits per heavy atom. The fraction of sp³-hybridized carbons (Fsp3) is 0.250. The summed E-state index contributed by atoms with van der Waals surface area (Å²) in [5.41, 5.74) is 1.54. The van der Waals surface area contributed by atoms with Gasteiger partial charge >= 0.3 is 0 Å². The van der Waals surface area contributed by atoms with E-state index in [1.165, 1.54) is 4.90 Å². The van der Waals surface area contributed by atoms with Crippen molar-refractivity contribution in [1.82, 2.24) is 10.2 Å². The molecule has 1 fully saturated rings. The Morgan fingerprint density at radius 2 is 1.85 bits per heavy atom. The number of amides is 2. The van der Waals surface area contributed by atoms with Gasteiger partial charge < -0.3 is 15.0 Å². The summed E-state index contributed by atoms with van der Waals surface area (Å²) in [6.07, 6.45) is 0.0890. The van der Waals surface area contributed by atoms with E-state index in [0.29, 0.717) is 17.3 Å². The zero-order valence-electron chi connectivity index (χ0n) is 15.2. The van der Waals surface area contributed by atoms with E-state index in [1.807, 2.05) is 30.3 Å². The molecular formula is C20H21N3O3S. The van der Waals surface area contributed by atoms with Gasteiger partial charge in [0, 0.05) is 13.6 Å². The van der Waals surface area contributed by atoms with E-state index < -0.39 is 6.04 Å². The molecule has 0 aromatic heterocycles. The van der Waals surface area contributed by atoms with Gasteiger partial charge in [0.2, 0.25) is 5.91 Å². The summed E-state index contributed by atoms with van der Waals surface area (Å²) in [7, 11) is 3.32. The van der Waals surface area contributed by atoms with Gasteiger partial charge in [0.15, 0.2) is 5.11 Å². The van der Waals surface area contributed by atoms with Gasteiger partial charge in [-0.2, -0.15) is 0 Å². The molecule has 0 spiro atoms. The quantitative estimate of drug-likeness (QED) is 0.632. The van der Waals surface area contributed by atoms with Gasteiger partial charge in [0.1, 0.15) is 11.8 Å². The van der Waals surface area contributed by atoms with Crippen molar-refractivity contribution in [2.75, 3.05) is 19.1 Å². The molecule has 140 valence electrons. The van der Waals surface area contributed by atoms with E-state index in [9.17, 15) is 9.59 Å². The highest BCUT2D eigenvalue weighted by Gasteiger charge is 2.43. The smallest absolute Gasteiger partial charge is 0.257 e. The first-order chi connectivity index (χ1) is 13.0. The van der Waals surface area contributed by atoms with E-state index in [4.69, 9.17) is 17.0 Å². The maximum atomic E-state index is 13.0. The number of hydrogen-bond donors (Lipinski definition) is 1. The lowest BCUT2D eigenvalue weighted by molar-refractivity contribution is -0.122. The Morgan fingerprint density at radius 1 is 1.19 bits per heavy atom. The summed E-state index contributed by atoms with van der Waals surface area (Å²) in [5, 5.41) is 3.35. The van der Waals surface area contributed by atoms with Crippen LogP contribution in [0, 0.1) is 0 Å². The van der Waals surface area contributed by atoms with Crippen LogP contribution in [0.2, 0.25) is 0 Å². The Balaban J connectivity index is 1.85. The van der Waals surface area contributed by atoms with E-state index in [2.05, 4.69) is 5.32 Å². The van der Waals surface area contributed by atoms with Crippen LogP contribution in [0.1, 0.15) is 12.0 Å². The monoisotopic (exact) mass is 383 g/mol. The second-order valence-electron chi connectivity index (χ2n) is 6.15. The number of para-hydroxylation sites is 1. The van der Waals surface area contributed by atoms with Gasteiger partial charge in [-0.3, -0.25) is 9.59 Å². The number of benzene rings is 2. The molecule has 1 atom stereocenters. The molecule has 27 heavy (non-hydrogen) atoms. The molecule has 0 radical (unpaired) electrons. The number of nitrogens with one attached hydrogen (secondary N) is 1. The number of ether oxygens (including phenoxy) is 1. The lowest BCUT2D eigenvalue weighted by Crippen LogP contribution is -2.48. The average molecular weight is 383 g/mol. The van der Waals surface area contributed by atoms with Crippen molar-refractivity contribution in [3.8, 4) is 5.75 Å². The van der Waals surface area contributed by atoms with Crippen LogP contribution < -0.4 is 15.0 Å². The second-order valence-corrected chi connectivity index (χ2v) is 6.54. The molecule has 2 aromatic rings. The normalized spacial score (nSPS) is 16.4. The lowest BCUT2D eigenvalue weighted by Gasteiger charge is -2.29. The predicted molar refractivity (Wildman–Crippen MR) is 108 cm³/mol. The van der Waals surface area contributed by atoms with Crippen LogP contribution in [-0.2, 0) is 16.1 Å². The molecule has 1 saturated heterocycles. The number of imide groups is 1. The first kappa shape index (κ1) is 18.8. The highest BCUT2D eigenvalue weighted by molar-refractivity contribution is 7.80. The number of methoxy groups -OCH3 is 1. The van der Waals surface area contributed by atoms with E-state index in [-0.39, 0.29) is 18.2 Å². The molecule has 0 saturated carbocycles. The topological polar surface area (TPSA) is 61.9 Å². The van der Waals surface area contributed by atoms with Crippen LogP contribution >= 0.6 is 12.2 Å². The summed E-state index contributed by atoms with van der Waals surface area (Å²) >= 11 is 5.42. The Bertz CT molecular complexity index is 839. The van der Waals surface area contributed by atoms with Crippen molar-refractivity contribution in [3.05, 3.63) is 60.2 Å². The van der Waals surface area contributed by atoms with Crippen LogP contribution in [0.5, 0.6) is 5.75 Å². The van der Waals surface area contributed by atoms with Crippen molar-refractivity contribution >= 4 is 34.8 Å². The average Bonchev–Trinajstić information content (AvgIpc) is 3.00. The Labute approximate surface area is 163 Å². The largest absolute Gasteiger partial charge is 0.497 e. The maximum Gasteiger partial charge on any atom is 0.257 e. The molecule has 6 nitrogen and oxygen atoms in total. The highest BCUT2D eigenvalue weighted by atomic mass is 32.1. The minimum atomic E-state index is -0.639. The van der Waals surface area contributed by atoms with Gasteiger partial charge in [-0.05, 0) is 42.0 Å². The molecule has 7 heteroatoms. The minimum Gasteiger partial charge on any atom is -0.497 e. The van der Waals surface area contributed by atoms with Crippen molar-refractivity contribution in [2.24, 2.45) is 0 Å². The summed E-state index contributed by atoms with van der Waals surface area (Å²) in [4.78, 5) is 28.6. The van der Waals surface area contributed by atoms with Crippen molar-refractivity contribution in [1.29, 1.82) is 0 Å². The molecule has 0 aliphatic carbocycles. The lowest BCUT2D eigenvalue weighted by atomic mass is 10.1. The fourth-order valence-corrected chi connectivity index (χ4v) is 3.29. The van der Waals surface area contributed by atoms with Crippen LogP contribution in [0.25, 0.3) is 0 Å². The van der Waals surface area contributed by atoms with Crippen molar-refractivity contribution in [2.45, 2.75) is 19.0 Å². The summed E-state index contributed by atoms with van der Waals surface area (Å²) in [6.45, 7) is 0.413. The van der Waals surface area contributed by atoms with Crippen LogP contribution in [0.15, 0.2) is 54.6 Å². The van der Waals surface area contributed by atoms with Crippen LogP contribution in [0.4, 0.5) is 5.69 Å². The number of carbonyl (C=O) groups is 2. The number of hydrogen-bond acceptors (Lipinski definition) is 4. The number of rotatable bonds is 5. The van der Waals surface area contributed by atoms with Gasteiger partial charge in [-0.25, -0.2) is 4.90 Å². The molecule has 0 unspecified atom stereocenters. The number of anilines is 1. The van der Waals surface area contributed by atoms with Crippen molar-refractivity contribution < 1.29 is 14.3 Å². The third-order valence-electron chi connectivity index (χ3n) is 4.50. The van der Waals surface area contributed by atoms with E-state index in [1.54, 1.807) is 43.3 Å². The second kappa shape index (κ2) is 8.18. The molecule has 3 rings (SSSR count). The van der Waals surface area contributed by atoms with E-state index in [0.717, 1.165) is 11.3 Å². The first-order valence-corrected chi connectivity index (χ1v) is 8.99. The Kier molecular flexibility index (Phi) is 5.71. The zero-order chi connectivity index (χ0) is 19.4. The number of carbonyl (C=O) groups excluding carboxylic acids is 2. The Hall–Kier alpha value is -2.93. The SMILES string of the molecule is CNC(=S)N(Cc1ccc(OC)cc1)[C@H]1CC(=O)N(c2ccccc2)C1=O. The van der Waals surface area contributed by atoms with Gasteiger partial charge in [-0.1, -0.05) is 30.3 Å². The molecule has 1 N–H and O–H groups in total. The van der Waals surface area contributed by atoms with E-state index >= 15 is 0 Å². The third kappa shape index (κ3) is 3.93. The first-order valence-electron chi connectivity index (χ1n) is 8.58. The summed E-state index contributed by atoms with van der Waals surface area (Å²) < 4.78 is 5.18. The van der Waals surface area contributed by atoms with Gasteiger partial charge in [0.05, 0.1) is 19.2 Å². The fourth-order valence-electron chi connectivity index (χ4n) is 3.10. The standard InChI is InChI=1S/C20H21N3O3S/c1-21-20(27)22(13-14-8-10-16(26-2)11-9-14)17-12-18(24)23(19(17)25)15-6-4-3-5-7-15/h3-11,17H,12-13H2,1-2H3,(H,21,27)/t17-/m0/s1. The van der Waals surface area contributed by atoms with Crippen molar-refractivity contribution in [3.63, 3.8) is 0 Å². The molecular weight excluding hydrogens is 362 g/mol. The van der Waals surface area contributed by atoms with Crippen LogP contribution in [-0.4, -0.2) is 42.0 Å². The molecule has 2 amide bonds. The van der Waals surface area contributed by atoms with Gasteiger partial charge in [0.25, 0.3) is 5.91 Å². The highest BCUT2D eigenvalue weighted by Crippen LogP contribution is 2.27. The predicted octanol–water partition coefficient (Wildman–Crippen LogP) is 2.33. The molecule has 1 heterocycles. The van der Waals surface area contributed by atoms with Gasteiger partial charge in [-0.15, -0.1) is 0 Å². The molecule has 2 aromatic carbocycles. The minimum absolute atomic E-state index is 0.0890. The maximum absolute atomic E-state index is 13.0. The summed E-state index contributed by atoms with van der Waals surface area (Å²) in [5.74, 6) is 0.260. The molecule has 1 aliphatic rings. The zero-order valence-corrected chi connectivity index (χ0v) is 16.0. The third-order valence-corrected chi connectivity index (χ3v) is 4.94. The van der Waals surface area contributed by atoms with Crippen LogP contribution in [0.3, 0.4) is 0 Å². The number of nitrogens with zero attached hydrogens (tertiary/aromatic N) is 2. The molecule has 0 bridgehead atoms. The molecule has 1 aliphatic heterocycles. The number of thiocarbonyl (C=S) groups is 1.